The summed E-state index contributed by atoms with van der Waals surface area (Å²) < 4.78 is 1.78. The predicted octanol–water partition coefficient (Wildman–Crippen LogP) is 2.86. The van der Waals surface area contributed by atoms with Crippen LogP contribution in [0.15, 0.2) is 24.3 Å². The lowest BCUT2D eigenvalue weighted by Gasteiger charge is -2.17. The van der Waals surface area contributed by atoms with Gasteiger partial charge in [0.2, 0.25) is 0 Å². The number of carboxylic acids is 1. The minimum absolute atomic E-state index is 0.0157. The fraction of sp³-hybridized carbons (Fsp3) is 0.381. The monoisotopic (exact) mass is 365 g/mol. The van der Waals surface area contributed by atoms with Crippen LogP contribution in [0.1, 0.15) is 52.1 Å². The van der Waals surface area contributed by atoms with Gasteiger partial charge in [0.1, 0.15) is 5.52 Å². The molecule has 0 spiro atoms. The third kappa shape index (κ3) is 3.00. The van der Waals surface area contributed by atoms with Crippen LogP contribution in [0.4, 0.5) is 0 Å². The Labute approximate surface area is 157 Å². The van der Waals surface area contributed by atoms with Gasteiger partial charge < -0.3 is 10.2 Å². The molecule has 1 atom stereocenters. The first-order valence-electron chi connectivity index (χ1n) is 9.25. The number of aliphatic carboxylic acids is 1. The molecule has 0 radical (unpaired) electrons. The van der Waals surface area contributed by atoms with Crippen LogP contribution in [-0.2, 0) is 31.3 Å². The Morgan fingerprint density at radius 1 is 1.30 bits per heavy atom. The van der Waals surface area contributed by atoms with Gasteiger partial charge in [-0.25, -0.2) is 4.68 Å². The van der Waals surface area contributed by atoms with E-state index in [1.54, 1.807) is 4.68 Å². The molecule has 0 bridgehead atoms. The van der Waals surface area contributed by atoms with Crippen molar-refractivity contribution in [1.29, 1.82) is 0 Å². The Hall–Kier alpha value is -2.73. The minimum Gasteiger partial charge on any atom is -0.481 e. The summed E-state index contributed by atoms with van der Waals surface area (Å²) in [7, 11) is 1.89. The summed E-state index contributed by atoms with van der Waals surface area (Å²) in [4.78, 5) is 11.0. The van der Waals surface area contributed by atoms with E-state index in [0.717, 1.165) is 40.6 Å². The second kappa shape index (κ2) is 6.78. The van der Waals surface area contributed by atoms with Crippen molar-refractivity contribution in [1.82, 2.24) is 15.0 Å². The van der Waals surface area contributed by atoms with Crippen LogP contribution in [0, 0.1) is 6.92 Å². The number of carboxylic acid groups (broad SMARTS) is 1. The number of aryl methyl sites for hydroxylation is 3. The van der Waals surface area contributed by atoms with Crippen LogP contribution >= 0.6 is 0 Å². The van der Waals surface area contributed by atoms with Crippen LogP contribution in [-0.4, -0.2) is 31.2 Å². The molecule has 3 aromatic rings. The third-order valence-corrected chi connectivity index (χ3v) is 5.75. The Bertz CT molecular complexity index is 1040. The second-order valence-electron chi connectivity index (χ2n) is 7.33. The van der Waals surface area contributed by atoms with Crippen molar-refractivity contribution in [3.8, 4) is 0 Å². The zero-order chi connectivity index (χ0) is 19.1. The first-order valence-corrected chi connectivity index (χ1v) is 9.25. The summed E-state index contributed by atoms with van der Waals surface area (Å²) in [5, 5.41) is 27.3. The Morgan fingerprint density at radius 2 is 2.11 bits per heavy atom. The summed E-state index contributed by atoms with van der Waals surface area (Å²) in [6.07, 6.45) is 2.48. The van der Waals surface area contributed by atoms with Crippen molar-refractivity contribution in [3.63, 3.8) is 0 Å². The molecule has 140 valence electrons. The van der Waals surface area contributed by atoms with Crippen molar-refractivity contribution in [2.45, 2.75) is 45.1 Å². The van der Waals surface area contributed by atoms with Gasteiger partial charge in [0.25, 0.3) is 0 Å². The molecule has 1 heterocycles. The summed E-state index contributed by atoms with van der Waals surface area (Å²) in [5.41, 5.74) is 8.64. The molecule has 0 unspecified atom stereocenters. The van der Waals surface area contributed by atoms with Gasteiger partial charge in [0.15, 0.2) is 0 Å². The lowest BCUT2D eigenvalue weighted by molar-refractivity contribution is -0.136. The number of nitrogens with zero attached hydrogens (tertiary/aromatic N) is 3. The first kappa shape index (κ1) is 17.7. The molecule has 4 rings (SSSR count). The molecule has 1 aliphatic carbocycles. The molecule has 2 N–H and O–H groups in total. The fourth-order valence-corrected chi connectivity index (χ4v) is 4.37. The van der Waals surface area contributed by atoms with Gasteiger partial charge in [-0.1, -0.05) is 23.4 Å². The smallest absolute Gasteiger partial charge is 0.303 e. The maximum atomic E-state index is 11.0. The molecule has 0 amide bonds. The van der Waals surface area contributed by atoms with Gasteiger partial charge in [-0.2, -0.15) is 0 Å². The van der Waals surface area contributed by atoms with Crippen LogP contribution in [0.2, 0.25) is 0 Å². The van der Waals surface area contributed by atoms with E-state index in [2.05, 4.69) is 35.4 Å². The quantitative estimate of drug-likeness (QED) is 0.726. The molecule has 1 aromatic heterocycles. The summed E-state index contributed by atoms with van der Waals surface area (Å²) in [6, 6.07) is 8.32. The first-order chi connectivity index (χ1) is 13.0. The topological polar surface area (TPSA) is 88.2 Å². The molecule has 0 saturated carbocycles. The molecule has 6 heteroatoms. The van der Waals surface area contributed by atoms with E-state index in [9.17, 15) is 9.90 Å². The highest BCUT2D eigenvalue weighted by atomic mass is 16.4. The van der Waals surface area contributed by atoms with Crippen molar-refractivity contribution in [2.75, 3.05) is 0 Å². The van der Waals surface area contributed by atoms with E-state index >= 15 is 0 Å². The molecule has 0 fully saturated rings. The zero-order valence-corrected chi connectivity index (χ0v) is 15.6. The van der Waals surface area contributed by atoms with Crippen molar-refractivity contribution < 1.29 is 15.0 Å². The number of rotatable bonds is 5. The molecule has 27 heavy (non-hydrogen) atoms. The van der Waals surface area contributed by atoms with Gasteiger partial charge in [-0.15, -0.1) is 5.10 Å². The van der Waals surface area contributed by atoms with Crippen LogP contribution in [0.3, 0.4) is 0 Å². The highest BCUT2D eigenvalue weighted by molar-refractivity contribution is 5.79. The zero-order valence-electron chi connectivity index (χ0n) is 15.6. The van der Waals surface area contributed by atoms with E-state index in [0.29, 0.717) is 6.42 Å². The summed E-state index contributed by atoms with van der Waals surface area (Å²) in [5.74, 6) is -0.567. The molecule has 1 aliphatic rings. The third-order valence-electron chi connectivity index (χ3n) is 5.75. The Balaban J connectivity index is 1.79. The fourth-order valence-electron chi connectivity index (χ4n) is 4.37. The van der Waals surface area contributed by atoms with Crippen LogP contribution < -0.4 is 0 Å². The molecule has 2 aromatic carbocycles. The molecular formula is C21H23N3O3. The van der Waals surface area contributed by atoms with Gasteiger partial charge in [0, 0.05) is 19.4 Å². The Morgan fingerprint density at radius 3 is 2.85 bits per heavy atom. The number of carbonyl (C=O) groups is 1. The molecular weight excluding hydrogens is 342 g/mol. The lowest BCUT2D eigenvalue weighted by atomic mass is 9.87. The van der Waals surface area contributed by atoms with E-state index < -0.39 is 5.97 Å². The highest BCUT2D eigenvalue weighted by Gasteiger charge is 2.28. The average molecular weight is 365 g/mol. The van der Waals surface area contributed by atoms with Gasteiger partial charge >= 0.3 is 5.97 Å². The largest absolute Gasteiger partial charge is 0.481 e. The average Bonchev–Trinajstić information content (AvgIpc) is 3.24. The number of benzene rings is 2. The predicted molar refractivity (Wildman–Crippen MR) is 102 cm³/mol. The van der Waals surface area contributed by atoms with E-state index in [4.69, 9.17) is 5.11 Å². The summed E-state index contributed by atoms with van der Waals surface area (Å²) >= 11 is 0. The van der Waals surface area contributed by atoms with Crippen molar-refractivity contribution in [2.24, 2.45) is 7.05 Å². The number of aliphatic hydroxyl groups excluding tert-OH is 1. The van der Waals surface area contributed by atoms with Crippen LogP contribution in [0.5, 0.6) is 0 Å². The maximum absolute atomic E-state index is 11.0. The van der Waals surface area contributed by atoms with Crippen molar-refractivity contribution in [3.05, 3.63) is 57.6 Å². The number of aromatic nitrogens is 3. The Kier molecular flexibility index (Phi) is 4.44. The number of hydrogen-bond acceptors (Lipinski definition) is 4. The normalized spacial score (nSPS) is 16.0. The van der Waals surface area contributed by atoms with Gasteiger partial charge in [-0.3, -0.25) is 4.79 Å². The lowest BCUT2D eigenvalue weighted by Crippen LogP contribution is -2.04. The highest BCUT2D eigenvalue weighted by Crippen LogP contribution is 2.42. The second-order valence-corrected chi connectivity index (χ2v) is 7.33. The van der Waals surface area contributed by atoms with Gasteiger partial charge in [-0.05, 0) is 65.6 Å². The number of hydrogen-bond donors (Lipinski definition) is 2. The summed E-state index contributed by atoms with van der Waals surface area (Å²) in [6.45, 7) is 2.07. The van der Waals surface area contributed by atoms with E-state index in [1.165, 1.54) is 16.7 Å². The number of aliphatic hydroxyl groups is 1. The van der Waals surface area contributed by atoms with E-state index in [1.807, 2.05) is 13.1 Å². The molecule has 6 nitrogen and oxygen atoms in total. The van der Waals surface area contributed by atoms with Gasteiger partial charge in [0.05, 0.1) is 12.1 Å². The number of fused-ring (bicyclic) bond motifs is 2. The van der Waals surface area contributed by atoms with Crippen molar-refractivity contribution >= 4 is 17.0 Å². The van der Waals surface area contributed by atoms with E-state index in [-0.39, 0.29) is 18.9 Å². The maximum Gasteiger partial charge on any atom is 0.303 e. The minimum atomic E-state index is -0.804. The molecule has 0 aliphatic heterocycles. The SMILES string of the molecule is Cc1c([C@@H]2CCc3c(CO)cc(CCC(=O)O)cc32)ccc2c1nnn2C. The molecule has 0 saturated heterocycles. The standard InChI is InChI=1S/C21H23N3O3/c1-12-15(6-7-19-21(12)22-23-24(19)2)17-5-4-16-14(11-25)9-13(10-18(16)17)3-8-20(26)27/h6-7,9-10,17,25H,3-5,8,11H2,1-2H3,(H,26,27)/t17-/m0/s1. The van der Waals surface area contributed by atoms with Crippen LogP contribution in [0.25, 0.3) is 11.0 Å².